The Morgan fingerprint density at radius 3 is 2.65 bits per heavy atom. The van der Waals surface area contributed by atoms with Gasteiger partial charge in [0.05, 0.1) is 12.8 Å². The molecule has 0 spiro atoms. The largest absolute Gasteiger partial charge is 0.373 e. The van der Waals surface area contributed by atoms with E-state index in [-0.39, 0.29) is 0 Å². The molecule has 31 heavy (non-hydrogen) atoms. The number of hydrogen-bond acceptors (Lipinski definition) is 5. The summed E-state index contributed by atoms with van der Waals surface area (Å²) in [6.07, 6.45) is 14.5. The molecule has 0 aromatic heterocycles. The average Bonchev–Trinajstić information content (AvgIpc) is 3.43. The predicted octanol–water partition coefficient (Wildman–Crippen LogP) is 4.54. The Balaban J connectivity index is 1.60. The van der Waals surface area contributed by atoms with E-state index in [1.165, 1.54) is 70.8 Å². The lowest BCUT2D eigenvalue weighted by Crippen LogP contribution is -2.40. The molecule has 3 aliphatic rings. The zero-order chi connectivity index (χ0) is 22.2. The van der Waals surface area contributed by atoms with Crippen LogP contribution in [-0.2, 0) is 0 Å². The molecule has 0 bridgehead atoms. The third-order valence-corrected chi connectivity index (χ3v) is 7.87. The zero-order valence-corrected chi connectivity index (χ0v) is 20.3. The lowest BCUT2D eigenvalue weighted by Gasteiger charge is -2.36. The van der Waals surface area contributed by atoms with E-state index in [4.69, 9.17) is 5.10 Å². The highest BCUT2D eigenvalue weighted by Gasteiger charge is 2.38. The standard InChI is InChI=1S/C25H44N6/c1-6-20-15-30(24(7-2)21-11-9-8-10-12-21)16-22(20)13-19(3)31-17-23(14-29-31)25(27-5)28-18-26-4/h14,18-22,24,27H,4,6-13,15-17H2,1-3,5H3/b25-23-,28-18-. The van der Waals surface area contributed by atoms with Crippen molar-refractivity contribution in [2.24, 2.45) is 32.8 Å². The fourth-order valence-electron chi connectivity index (χ4n) is 6.16. The summed E-state index contributed by atoms with van der Waals surface area (Å²) < 4.78 is 0. The zero-order valence-electron chi connectivity index (χ0n) is 20.3. The molecule has 0 radical (unpaired) electrons. The van der Waals surface area contributed by atoms with Gasteiger partial charge in [-0.25, -0.2) is 4.99 Å². The molecule has 2 fully saturated rings. The van der Waals surface area contributed by atoms with Crippen molar-refractivity contribution in [2.75, 3.05) is 26.7 Å². The SMILES string of the molecule is C=N/C=N\C(NC)=C1\C=NN(C(C)CC2CN(C(CC)C3CCCCC3)CC2CC)C1. The maximum Gasteiger partial charge on any atom is 0.134 e. The molecular weight excluding hydrogens is 384 g/mol. The molecule has 4 atom stereocenters. The molecule has 0 aromatic carbocycles. The number of hydrogen-bond donors (Lipinski definition) is 1. The topological polar surface area (TPSA) is 55.6 Å². The normalized spacial score (nSPS) is 29.0. The Morgan fingerprint density at radius 2 is 2.00 bits per heavy atom. The third kappa shape index (κ3) is 5.97. The van der Waals surface area contributed by atoms with E-state index in [0.29, 0.717) is 6.04 Å². The molecule has 1 saturated carbocycles. The van der Waals surface area contributed by atoms with Crippen molar-refractivity contribution in [1.29, 1.82) is 0 Å². The summed E-state index contributed by atoms with van der Waals surface area (Å²) >= 11 is 0. The molecule has 1 aliphatic carbocycles. The summed E-state index contributed by atoms with van der Waals surface area (Å²) in [6.45, 7) is 14.0. The van der Waals surface area contributed by atoms with Crippen molar-refractivity contribution < 1.29 is 0 Å². The number of rotatable bonds is 10. The predicted molar refractivity (Wildman–Crippen MR) is 133 cm³/mol. The van der Waals surface area contributed by atoms with Crippen LogP contribution in [0.25, 0.3) is 0 Å². The Kier molecular flexibility index (Phi) is 9.12. The van der Waals surface area contributed by atoms with Gasteiger partial charge in [0.2, 0.25) is 0 Å². The van der Waals surface area contributed by atoms with Gasteiger partial charge in [0.1, 0.15) is 12.2 Å². The van der Waals surface area contributed by atoms with Crippen molar-refractivity contribution in [2.45, 2.75) is 84.2 Å². The van der Waals surface area contributed by atoms with Gasteiger partial charge in [0.15, 0.2) is 0 Å². The highest BCUT2D eigenvalue weighted by atomic mass is 15.5. The Hall–Kier alpha value is -1.69. The quantitative estimate of drug-likeness (QED) is 0.410. The first-order valence-corrected chi connectivity index (χ1v) is 12.5. The Bertz CT molecular complexity index is 663. The van der Waals surface area contributed by atoms with Gasteiger partial charge in [-0.05, 0) is 57.1 Å². The van der Waals surface area contributed by atoms with Gasteiger partial charge >= 0.3 is 0 Å². The number of hydrazone groups is 1. The maximum atomic E-state index is 4.71. The van der Waals surface area contributed by atoms with Gasteiger partial charge in [0.25, 0.3) is 0 Å². The van der Waals surface area contributed by atoms with Crippen molar-refractivity contribution in [1.82, 2.24) is 15.2 Å². The lowest BCUT2D eigenvalue weighted by molar-refractivity contribution is 0.129. The van der Waals surface area contributed by atoms with E-state index in [1.807, 2.05) is 13.3 Å². The third-order valence-electron chi connectivity index (χ3n) is 7.87. The monoisotopic (exact) mass is 428 g/mol. The molecular formula is C25H44N6. The molecule has 2 aliphatic heterocycles. The van der Waals surface area contributed by atoms with Crippen molar-refractivity contribution in [3.8, 4) is 0 Å². The Morgan fingerprint density at radius 1 is 1.26 bits per heavy atom. The molecule has 3 rings (SSSR count). The summed E-state index contributed by atoms with van der Waals surface area (Å²) in [5, 5.41) is 10.1. The maximum absolute atomic E-state index is 4.71. The minimum absolute atomic E-state index is 0.433. The summed E-state index contributed by atoms with van der Waals surface area (Å²) in [5.74, 6) is 3.34. The molecule has 6 nitrogen and oxygen atoms in total. The number of nitrogens with zero attached hydrogens (tertiary/aromatic N) is 5. The number of aliphatic imine (C=N–C) groups is 2. The summed E-state index contributed by atoms with van der Waals surface area (Å²) in [5.41, 5.74) is 1.11. The van der Waals surface area contributed by atoms with E-state index in [2.05, 4.69) is 52.7 Å². The van der Waals surface area contributed by atoms with Gasteiger partial charge in [-0.2, -0.15) is 5.10 Å². The Labute approximate surface area is 190 Å². The second kappa shape index (κ2) is 11.8. The first-order chi connectivity index (χ1) is 15.1. The van der Waals surface area contributed by atoms with E-state index >= 15 is 0 Å². The molecule has 0 aromatic rings. The molecule has 4 unspecified atom stereocenters. The summed E-state index contributed by atoms with van der Waals surface area (Å²) in [4.78, 5) is 10.9. The van der Waals surface area contributed by atoms with E-state index in [0.717, 1.165) is 41.7 Å². The molecule has 1 N–H and O–H groups in total. The second-order valence-corrected chi connectivity index (χ2v) is 9.73. The first-order valence-electron chi connectivity index (χ1n) is 12.5. The van der Waals surface area contributed by atoms with Crippen LogP contribution in [0.4, 0.5) is 0 Å². The molecule has 174 valence electrons. The molecule has 6 heteroatoms. The van der Waals surface area contributed by atoms with Crippen LogP contribution in [-0.4, -0.2) is 67.9 Å². The highest BCUT2D eigenvalue weighted by Crippen LogP contribution is 2.37. The van der Waals surface area contributed by atoms with Crippen molar-refractivity contribution in [3.05, 3.63) is 11.4 Å². The van der Waals surface area contributed by atoms with Crippen LogP contribution in [0.15, 0.2) is 26.5 Å². The van der Waals surface area contributed by atoms with Crippen molar-refractivity contribution >= 4 is 19.3 Å². The second-order valence-electron chi connectivity index (χ2n) is 9.73. The lowest BCUT2D eigenvalue weighted by atomic mass is 9.82. The van der Waals surface area contributed by atoms with Crippen LogP contribution in [0, 0.1) is 17.8 Å². The molecule has 2 heterocycles. The van der Waals surface area contributed by atoms with E-state index in [9.17, 15) is 0 Å². The van der Waals surface area contributed by atoms with Gasteiger partial charge in [-0.1, -0.05) is 39.5 Å². The van der Waals surface area contributed by atoms with Gasteiger partial charge < -0.3 is 5.32 Å². The highest BCUT2D eigenvalue weighted by molar-refractivity contribution is 5.82. The molecule has 1 saturated heterocycles. The number of likely N-dealkylation sites (tertiary alicyclic amines) is 1. The average molecular weight is 429 g/mol. The van der Waals surface area contributed by atoms with Crippen LogP contribution >= 0.6 is 0 Å². The fourth-order valence-corrected chi connectivity index (χ4v) is 6.16. The minimum atomic E-state index is 0.433. The fraction of sp³-hybridized carbons (Fsp3) is 0.800. The van der Waals surface area contributed by atoms with E-state index < -0.39 is 0 Å². The van der Waals surface area contributed by atoms with Crippen LogP contribution in [0.5, 0.6) is 0 Å². The van der Waals surface area contributed by atoms with E-state index in [1.54, 1.807) is 0 Å². The van der Waals surface area contributed by atoms with Gasteiger partial charge in [-0.3, -0.25) is 14.9 Å². The van der Waals surface area contributed by atoms with Crippen molar-refractivity contribution in [3.63, 3.8) is 0 Å². The summed E-state index contributed by atoms with van der Waals surface area (Å²) in [6, 6.07) is 1.23. The van der Waals surface area contributed by atoms with Crippen LogP contribution in [0.1, 0.15) is 72.1 Å². The van der Waals surface area contributed by atoms with Gasteiger partial charge in [-0.15, -0.1) is 0 Å². The summed E-state index contributed by atoms with van der Waals surface area (Å²) in [7, 11) is 1.89. The van der Waals surface area contributed by atoms with Crippen LogP contribution < -0.4 is 5.32 Å². The van der Waals surface area contributed by atoms with Crippen LogP contribution in [0.3, 0.4) is 0 Å². The van der Waals surface area contributed by atoms with Crippen LogP contribution in [0.2, 0.25) is 0 Å². The number of nitrogens with one attached hydrogen (secondary N) is 1. The first kappa shape index (κ1) is 24.0. The van der Waals surface area contributed by atoms with Gasteiger partial charge in [0, 0.05) is 37.8 Å². The molecule has 0 amide bonds. The smallest absolute Gasteiger partial charge is 0.134 e. The minimum Gasteiger partial charge on any atom is -0.373 e.